The maximum Gasteiger partial charge on any atom is 0.214 e. The van der Waals surface area contributed by atoms with Crippen LogP contribution >= 0.6 is 0 Å². The summed E-state index contributed by atoms with van der Waals surface area (Å²) in [5, 5.41) is 10.6. The zero-order valence-corrected chi connectivity index (χ0v) is 13.0. The maximum absolute atomic E-state index is 5.52. The van der Waals surface area contributed by atoms with E-state index in [0.29, 0.717) is 12.4 Å². The van der Waals surface area contributed by atoms with Gasteiger partial charge in [-0.25, -0.2) is 4.98 Å². The molecule has 0 saturated carbocycles. The minimum atomic E-state index is 0.515. The van der Waals surface area contributed by atoms with Crippen LogP contribution in [0.4, 0.5) is 0 Å². The van der Waals surface area contributed by atoms with Crippen LogP contribution in [0, 0.1) is 13.8 Å². The summed E-state index contributed by atoms with van der Waals surface area (Å²) in [5.74, 6) is 2.25. The molecule has 0 spiro atoms. The van der Waals surface area contributed by atoms with Crippen molar-refractivity contribution in [2.24, 2.45) is 12.0 Å². The highest BCUT2D eigenvalue weighted by atomic mass is 16.4. The largest absolute Gasteiger partial charge is 0.444 e. The molecule has 0 atom stereocenters. The molecule has 2 N–H and O–H groups in total. The number of oxazole rings is 1. The Balaban J connectivity index is 1.75. The molecular weight excluding hydrogens is 268 g/mol. The van der Waals surface area contributed by atoms with Crippen LogP contribution in [0.5, 0.6) is 0 Å². The summed E-state index contributed by atoms with van der Waals surface area (Å²) in [5.41, 5.74) is 2.12. The van der Waals surface area contributed by atoms with E-state index in [1.165, 1.54) is 5.56 Å². The number of hydrogen-bond donors (Lipinski definition) is 2. The smallest absolute Gasteiger partial charge is 0.214 e. The molecule has 0 fully saturated rings. The number of aryl methyl sites for hydroxylation is 3. The van der Waals surface area contributed by atoms with Gasteiger partial charge in [0.25, 0.3) is 0 Å². The van der Waals surface area contributed by atoms with Crippen molar-refractivity contribution in [2.75, 3.05) is 13.6 Å². The predicted molar refractivity (Wildman–Crippen MR) is 81.1 cm³/mol. The van der Waals surface area contributed by atoms with Crippen LogP contribution in [-0.2, 0) is 20.0 Å². The van der Waals surface area contributed by atoms with E-state index in [2.05, 4.69) is 25.7 Å². The van der Waals surface area contributed by atoms with Crippen molar-refractivity contribution in [1.29, 1.82) is 0 Å². The second-order valence-electron chi connectivity index (χ2n) is 4.87. The molecule has 21 heavy (non-hydrogen) atoms. The molecule has 0 aliphatic carbocycles. The van der Waals surface area contributed by atoms with Crippen LogP contribution in [0.1, 0.15) is 22.9 Å². The van der Waals surface area contributed by atoms with Crippen molar-refractivity contribution in [2.45, 2.75) is 26.8 Å². The van der Waals surface area contributed by atoms with Crippen LogP contribution in [-0.4, -0.2) is 34.3 Å². The zero-order chi connectivity index (χ0) is 15.2. The Labute approximate surface area is 124 Å². The van der Waals surface area contributed by atoms with Gasteiger partial charge < -0.3 is 15.1 Å². The van der Waals surface area contributed by atoms with Crippen molar-refractivity contribution in [3.8, 4) is 0 Å². The highest BCUT2D eigenvalue weighted by Crippen LogP contribution is 2.07. The summed E-state index contributed by atoms with van der Waals surface area (Å²) >= 11 is 0. The van der Waals surface area contributed by atoms with Crippen molar-refractivity contribution in [1.82, 2.24) is 25.4 Å². The average Bonchev–Trinajstić information content (AvgIpc) is 3.00. The van der Waals surface area contributed by atoms with Gasteiger partial charge in [-0.1, -0.05) is 0 Å². The van der Waals surface area contributed by atoms with Gasteiger partial charge in [-0.05, 0) is 25.8 Å². The number of hydrogen-bond acceptors (Lipinski definition) is 4. The number of nitrogens with zero attached hydrogens (tertiary/aromatic N) is 4. The third kappa shape index (κ3) is 4.34. The summed E-state index contributed by atoms with van der Waals surface area (Å²) in [6.45, 7) is 5.15. The first-order chi connectivity index (χ1) is 10.1. The molecule has 0 aromatic carbocycles. The van der Waals surface area contributed by atoms with Crippen LogP contribution in [0.3, 0.4) is 0 Å². The summed E-state index contributed by atoms with van der Waals surface area (Å²) in [4.78, 5) is 8.50. The molecule has 0 radical (unpaired) electrons. The maximum atomic E-state index is 5.52. The van der Waals surface area contributed by atoms with Gasteiger partial charge in [0.15, 0.2) is 5.96 Å². The standard InChI is InChI=1S/C14H22N6O/c1-10-11(2)21-13(19-10)8-17-14(15-3)16-6-5-12-7-18-20(4)9-12/h7,9H,5-6,8H2,1-4H3,(H2,15,16,17). The lowest BCUT2D eigenvalue weighted by atomic mass is 10.2. The number of rotatable bonds is 5. The van der Waals surface area contributed by atoms with Crippen molar-refractivity contribution < 1.29 is 4.42 Å². The van der Waals surface area contributed by atoms with Gasteiger partial charge >= 0.3 is 0 Å². The van der Waals surface area contributed by atoms with Gasteiger partial charge in [-0.15, -0.1) is 0 Å². The fourth-order valence-electron chi connectivity index (χ4n) is 1.92. The normalized spacial score (nSPS) is 11.7. The minimum absolute atomic E-state index is 0.515. The molecule has 0 aliphatic heterocycles. The number of guanidine groups is 1. The van der Waals surface area contributed by atoms with E-state index in [0.717, 1.165) is 30.4 Å². The lowest BCUT2D eigenvalue weighted by Crippen LogP contribution is -2.37. The van der Waals surface area contributed by atoms with Crippen LogP contribution in [0.2, 0.25) is 0 Å². The number of aliphatic imine (C=N–C) groups is 1. The monoisotopic (exact) mass is 290 g/mol. The Morgan fingerprint density at radius 1 is 1.38 bits per heavy atom. The predicted octanol–water partition coefficient (Wildman–Crippen LogP) is 0.933. The highest BCUT2D eigenvalue weighted by Gasteiger charge is 2.06. The Morgan fingerprint density at radius 3 is 2.76 bits per heavy atom. The van der Waals surface area contributed by atoms with E-state index in [9.17, 15) is 0 Å². The van der Waals surface area contributed by atoms with E-state index in [-0.39, 0.29) is 0 Å². The Kier molecular flexibility index (Phi) is 4.97. The summed E-state index contributed by atoms with van der Waals surface area (Å²) in [7, 11) is 3.66. The van der Waals surface area contributed by atoms with E-state index in [1.807, 2.05) is 33.3 Å². The molecule has 2 rings (SSSR count). The van der Waals surface area contributed by atoms with E-state index < -0.39 is 0 Å². The lowest BCUT2D eigenvalue weighted by molar-refractivity contribution is 0.464. The fraction of sp³-hybridized carbons (Fsp3) is 0.500. The zero-order valence-electron chi connectivity index (χ0n) is 13.0. The fourth-order valence-corrected chi connectivity index (χ4v) is 1.92. The van der Waals surface area contributed by atoms with Crippen LogP contribution < -0.4 is 10.6 Å². The molecule has 0 saturated heterocycles. The molecule has 0 aliphatic rings. The summed E-state index contributed by atoms with van der Waals surface area (Å²) in [6, 6.07) is 0. The Hall–Kier alpha value is -2.31. The molecule has 2 aromatic rings. The van der Waals surface area contributed by atoms with Crippen LogP contribution in [0.25, 0.3) is 0 Å². The van der Waals surface area contributed by atoms with Gasteiger partial charge in [0.05, 0.1) is 18.4 Å². The van der Waals surface area contributed by atoms with Crippen molar-refractivity contribution in [3.05, 3.63) is 35.3 Å². The molecular formula is C14H22N6O. The SMILES string of the molecule is CN=C(NCCc1cnn(C)c1)NCc1nc(C)c(C)o1. The van der Waals surface area contributed by atoms with Crippen molar-refractivity contribution >= 4 is 5.96 Å². The van der Waals surface area contributed by atoms with Gasteiger partial charge in [0.1, 0.15) is 5.76 Å². The Bertz CT molecular complexity index is 593. The minimum Gasteiger partial charge on any atom is -0.444 e. The molecule has 2 heterocycles. The lowest BCUT2D eigenvalue weighted by Gasteiger charge is -2.09. The van der Waals surface area contributed by atoms with Gasteiger partial charge in [0.2, 0.25) is 5.89 Å². The third-order valence-electron chi connectivity index (χ3n) is 3.17. The number of nitrogens with one attached hydrogen (secondary N) is 2. The number of aromatic nitrogens is 3. The van der Waals surface area contributed by atoms with Gasteiger partial charge in [0, 0.05) is 26.8 Å². The first-order valence-electron chi connectivity index (χ1n) is 6.93. The molecule has 0 amide bonds. The van der Waals surface area contributed by atoms with Crippen molar-refractivity contribution in [3.63, 3.8) is 0 Å². The molecule has 2 aromatic heterocycles. The first-order valence-corrected chi connectivity index (χ1v) is 6.93. The Morgan fingerprint density at radius 2 is 2.19 bits per heavy atom. The van der Waals surface area contributed by atoms with Gasteiger partial charge in [-0.2, -0.15) is 5.10 Å². The second kappa shape index (κ2) is 6.92. The molecule has 7 heteroatoms. The second-order valence-corrected chi connectivity index (χ2v) is 4.87. The van der Waals surface area contributed by atoms with E-state index in [4.69, 9.17) is 4.42 Å². The average molecular weight is 290 g/mol. The quantitative estimate of drug-likeness (QED) is 0.632. The highest BCUT2D eigenvalue weighted by molar-refractivity contribution is 5.79. The molecule has 7 nitrogen and oxygen atoms in total. The van der Waals surface area contributed by atoms with E-state index in [1.54, 1.807) is 11.7 Å². The summed E-state index contributed by atoms with van der Waals surface area (Å²) < 4.78 is 7.32. The molecule has 114 valence electrons. The molecule has 0 unspecified atom stereocenters. The van der Waals surface area contributed by atoms with Crippen LogP contribution in [0.15, 0.2) is 21.8 Å². The third-order valence-corrected chi connectivity index (χ3v) is 3.17. The molecule has 0 bridgehead atoms. The topological polar surface area (TPSA) is 80.3 Å². The van der Waals surface area contributed by atoms with Gasteiger partial charge in [-0.3, -0.25) is 9.67 Å². The first kappa shape index (κ1) is 15.1. The summed E-state index contributed by atoms with van der Waals surface area (Å²) in [6.07, 6.45) is 4.78. The van der Waals surface area contributed by atoms with E-state index >= 15 is 0 Å².